The Hall–Kier alpha value is -2.11. The Bertz CT molecular complexity index is 686. The van der Waals surface area contributed by atoms with Gasteiger partial charge in [-0.3, -0.25) is 9.48 Å². The maximum Gasteiger partial charge on any atom is 0.274 e. The number of hydrogen-bond donors (Lipinski definition) is 1. The van der Waals surface area contributed by atoms with Crippen molar-refractivity contribution < 1.29 is 9.32 Å². The van der Waals surface area contributed by atoms with Gasteiger partial charge < -0.3 is 9.84 Å². The maximum atomic E-state index is 12.4. The third-order valence-electron chi connectivity index (χ3n) is 4.45. The normalized spacial score (nSPS) is 17.3. The number of amides is 1. The second kappa shape index (κ2) is 5.94. The van der Waals surface area contributed by atoms with Crippen LogP contribution in [0.15, 0.2) is 10.7 Å². The summed E-state index contributed by atoms with van der Waals surface area (Å²) < 4.78 is 7.24. The number of carbonyl (C=O) groups is 1. The van der Waals surface area contributed by atoms with Crippen LogP contribution in [0.2, 0.25) is 0 Å². The van der Waals surface area contributed by atoms with E-state index in [9.17, 15) is 4.79 Å². The summed E-state index contributed by atoms with van der Waals surface area (Å²) in [6.07, 6.45) is 4.64. The first kappa shape index (κ1) is 14.8. The largest absolute Gasteiger partial charge is 0.360 e. The molecule has 0 aliphatic heterocycles. The summed E-state index contributed by atoms with van der Waals surface area (Å²) in [5.41, 5.74) is 3.54. The Morgan fingerprint density at radius 3 is 3.09 bits per heavy atom. The van der Waals surface area contributed by atoms with E-state index in [2.05, 4.69) is 22.5 Å². The zero-order chi connectivity index (χ0) is 15.7. The van der Waals surface area contributed by atoms with Gasteiger partial charge in [0.05, 0.1) is 6.20 Å². The molecule has 6 heteroatoms. The van der Waals surface area contributed by atoms with E-state index in [4.69, 9.17) is 4.52 Å². The van der Waals surface area contributed by atoms with Crippen LogP contribution < -0.4 is 5.32 Å². The minimum Gasteiger partial charge on any atom is -0.360 e. The highest BCUT2D eigenvalue weighted by atomic mass is 16.5. The number of carbonyl (C=O) groups excluding carboxylic acids is 1. The molecule has 2 heterocycles. The molecule has 0 saturated carbocycles. The molecule has 1 amide bonds. The van der Waals surface area contributed by atoms with E-state index in [0.717, 1.165) is 48.4 Å². The SMILES string of the molecule is CCn1ncc(CNC(=O)c2noc3c2C[C@H](C)CC3)c1C. The lowest BCUT2D eigenvalue weighted by molar-refractivity contribution is 0.0941. The minimum atomic E-state index is -0.164. The highest BCUT2D eigenvalue weighted by Crippen LogP contribution is 2.27. The van der Waals surface area contributed by atoms with Crippen LogP contribution in [-0.2, 0) is 25.9 Å². The van der Waals surface area contributed by atoms with E-state index < -0.39 is 0 Å². The fourth-order valence-electron chi connectivity index (χ4n) is 2.99. The van der Waals surface area contributed by atoms with Crippen LogP contribution in [0.3, 0.4) is 0 Å². The average Bonchev–Trinajstić information content (AvgIpc) is 3.08. The van der Waals surface area contributed by atoms with Gasteiger partial charge in [0.2, 0.25) is 0 Å². The van der Waals surface area contributed by atoms with Gasteiger partial charge in [0.15, 0.2) is 5.69 Å². The fraction of sp³-hybridized carbons (Fsp3) is 0.562. The molecule has 0 fully saturated rings. The second-order valence-corrected chi connectivity index (χ2v) is 6.03. The molecule has 2 aromatic rings. The molecule has 3 rings (SSSR count). The predicted octanol–water partition coefficient (Wildman–Crippen LogP) is 2.25. The van der Waals surface area contributed by atoms with Gasteiger partial charge in [-0.25, -0.2) is 0 Å². The van der Waals surface area contributed by atoms with Crippen LogP contribution >= 0.6 is 0 Å². The Labute approximate surface area is 129 Å². The highest BCUT2D eigenvalue weighted by molar-refractivity contribution is 5.93. The number of rotatable bonds is 4. The van der Waals surface area contributed by atoms with Gasteiger partial charge in [-0.15, -0.1) is 0 Å². The van der Waals surface area contributed by atoms with Crippen molar-refractivity contribution in [3.63, 3.8) is 0 Å². The third-order valence-corrected chi connectivity index (χ3v) is 4.45. The van der Waals surface area contributed by atoms with Crippen LogP contribution in [0.5, 0.6) is 0 Å². The van der Waals surface area contributed by atoms with E-state index in [1.165, 1.54) is 0 Å². The summed E-state index contributed by atoms with van der Waals surface area (Å²) in [7, 11) is 0. The zero-order valence-corrected chi connectivity index (χ0v) is 13.3. The number of nitrogens with one attached hydrogen (secondary N) is 1. The quantitative estimate of drug-likeness (QED) is 0.940. The van der Waals surface area contributed by atoms with Crippen molar-refractivity contribution in [3.8, 4) is 0 Å². The average molecular weight is 302 g/mol. The van der Waals surface area contributed by atoms with Crippen molar-refractivity contribution in [1.29, 1.82) is 0 Å². The van der Waals surface area contributed by atoms with Crippen LogP contribution in [0.1, 0.15) is 53.3 Å². The molecular weight excluding hydrogens is 280 g/mol. The predicted molar refractivity (Wildman–Crippen MR) is 81.5 cm³/mol. The molecule has 1 atom stereocenters. The van der Waals surface area contributed by atoms with Crippen molar-refractivity contribution in [2.45, 2.75) is 53.1 Å². The van der Waals surface area contributed by atoms with E-state index in [-0.39, 0.29) is 5.91 Å². The van der Waals surface area contributed by atoms with E-state index in [1.807, 2.05) is 18.5 Å². The molecule has 0 unspecified atom stereocenters. The summed E-state index contributed by atoms with van der Waals surface area (Å²) >= 11 is 0. The maximum absolute atomic E-state index is 12.4. The van der Waals surface area contributed by atoms with Gasteiger partial charge >= 0.3 is 0 Å². The lowest BCUT2D eigenvalue weighted by Gasteiger charge is -2.16. The standard InChI is InChI=1S/C16H22N4O2/c1-4-20-11(3)12(9-18-20)8-17-16(21)15-13-7-10(2)5-6-14(13)22-19-15/h9-10H,4-8H2,1-3H3,(H,17,21)/t10-/m1/s1. The van der Waals surface area contributed by atoms with Gasteiger partial charge in [-0.2, -0.15) is 5.10 Å². The molecule has 1 aliphatic rings. The molecule has 2 aromatic heterocycles. The molecule has 0 spiro atoms. The molecule has 6 nitrogen and oxygen atoms in total. The number of nitrogens with zero attached hydrogens (tertiary/aromatic N) is 3. The summed E-state index contributed by atoms with van der Waals surface area (Å²) in [5, 5.41) is 11.2. The summed E-state index contributed by atoms with van der Waals surface area (Å²) in [6, 6.07) is 0. The highest BCUT2D eigenvalue weighted by Gasteiger charge is 2.26. The van der Waals surface area contributed by atoms with Gasteiger partial charge in [0, 0.05) is 36.3 Å². The first-order valence-corrected chi connectivity index (χ1v) is 7.87. The molecule has 0 radical (unpaired) electrons. The second-order valence-electron chi connectivity index (χ2n) is 6.03. The van der Waals surface area contributed by atoms with Crippen LogP contribution in [0, 0.1) is 12.8 Å². The Kier molecular flexibility index (Phi) is 4.00. The molecule has 1 N–H and O–H groups in total. The lowest BCUT2D eigenvalue weighted by atomic mass is 9.88. The van der Waals surface area contributed by atoms with Gasteiger partial charge in [-0.1, -0.05) is 12.1 Å². The van der Waals surface area contributed by atoms with Crippen LogP contribution in [-0.4, -0.2) is 20.8 Å². The number of aryl methyl sites for hydroxylation is 2. The van der Waals surface area contributed by atoms with Crippen LogP contribution in [0.4, 0.5) is 0 Å². The summed E-state index contributed by atoms with van der Waals surface area (Å²) in [4.78, 5) is 12.4. The molecular formula is C16H22N4O2. The van der Waals surface area contributed by atoms with Gasteiger partial charge in [0.25, 0.3) is 5.91 Å². The monoisotopic (exact) mass is 302 g/mol. The van der Waals surface area contributed by atoms with Gasteiger partial charge in [-0.05, 0) is 32.6 Å². The molecule has 118 valence electrons. The molecule has 0 aromatic carbocycles. The van der Waals surface area contributed by atoms with Crippen molar-refractivity contribution in [2.75, 3.05) is 0 Å². The first-order chi connectivity index (χ1) is 10.6. The first-order valence-electron chi connectivity index (χ1n) is 7.87. The van der Waals surface area contributed by atoms with E-state index in [1.54, 1.807) is 6.20 Å². The Morgan fingerprint density at radius 1 is 1.55 bits per heavy atom. The fourth-order valence-corrected chi connectivity index (χ4v) is 2.99. The van der Waals surface area contributed by atoms with Crippen molar-refractivity contribution >= 4 is 5.91 Å². The van der Waals surface area contributed by atoms with Crippen molar-refractivity contribution in [1.82, 2.24) is 20.3 Å². The van der Waals surface area contributed by atoms with Crippen molar-refractivity contribution in [2.24, 2.45) is 5.92 Å². The molecule has 1 aliphatic carbocycles. The van der Waals surface area contributed by atoms with Crippen molar-refractivity contribution in [3.05, 3.63) is 34.5 Å². The smallest absolute Gasteiger partial charge is 0.274 e. The Balaban J connectivity index is 1.70. The number of hydrogen-bond acceptors (Lipinski definition) is 4. The summed E-state index contributed by atoms with van der Waals surface area (Å²) in [6.45, 7) is 7.54. The number of aromatic nitrogens is 3. The molecule has 0 saturated heterocycles. The lowest BCUT2D eigenvalue weighted by Crippen LogP contribution is -2.25. The summed E-state index contributed by atoms with van der Waals surface area (Å²) in [5.74, 6) is 1.28. The molecule has 0 bridgehead atoms. The number of fused-ring (bicyclic) bond motifs is 1. The minimum absolute atomic E-state index is 0.164. The van der Waals surface area contributed by atoms with Crippen LogP contribution in [0.25, 0.3) is 0 Å². The topological polar surface area (TPSA) is 73.0 Å². The third kappa shape index (κ3) is 2.65. The van der Waals surface area contributed by atoms with E-state index in [0.29, 0.717) is 18.2 Å². The van der Waals surface area contributed by atoms with Gasteiger partial charge in [0.1, 0.15) is 5.76 Å². The zero-order valence-electron chi connectivity index (χ0n) is 13.3. The van der Waals surface area contributed by atoms with E-state index >= 15 is 0 Å². The Morgan fingerprint density at radius 2 is 2.36 bits per heavy atom. The molecule has 22 heavy (non-hydrogen) atoms.